The Kier molecular flexibility index (Phi) is 4.19. The van der Waals surface area contributed by atoms with Gasteiger partial charge in [0, 0.05) is 35.8 Å². The number of carbonyl (C=O) groups excluding carboxylic acids is 1. The van der Waals surface area contributed by atoms with Crippen molar-refractivity contribution in [1.29, 1.82) is 0 Å². The van der Waals surface area contributed by atoms with Gasteiger partial charge in [-0.3, -0.25) is 4.79 Å². The van der Waals surface area contributed by atoms with Crippen LogP contribution in [0.5, 0.6) is 0 Å². The van der Waals surface area contributed by atoms with Crippen molar-refractivity contribution in [2.75, 3.05) is 5.32 Å². The van der Waals surface area contributed by atoms with Crippen molar-refractivity contribution in [2.24, 2.45) is 0 Å². The van der Waals surface area contributed by atoms with Crippen LogP contribution in [0.2, 0.25) is 0 Å². The first-order valence-electron chi connectivity index (χ1n) is 7.37. The van der Waals surface area contributed by atoms with Crippen LogP contribution in [0.4, 0.5) is 10.1 Å². The monoisotopic (exact) mass is 309 g/mol. The molecular formula is C18H16FN3O. The van der Waals surface area contributed by atoms with Crippen molar-refractivity contribution in [2.45, 2.75) is 13.3 Å². The molecule has 0 saturated carbocycles. The van der Waals surface area contributed by atoms with E-state index >= 15 is 0 Å². The zero-order chi connectivity index (χ0) is 16.2. The minimum atomic E-state index is -0.363. The van der Waals surface area contributed by atoms with E-state index < -0.39 is 0 Å². The van der Waals surface area contributed by atoms with Crippen LogP contribution >= 0.6 is 0 Å². The molecule has 0 aliphatic rings. The standard InChI is InChI=1S/C18H16FN3O/c1-2-17-20-11-12-22(17)16-9-7-15(8-10-16)21-18(23)13-3-5-14(19)6-4-13/h3-12H,2H2,1H3,(H,21,23). The molecule has 0 radical (unpaired) electrons. The maximum Gasteiger partial charge on any atom is 0.255 e. The van der Waals surface area contributed by atoms with Crippen molar-refractivity contribution >= 4 is 11.6 Å². The van der Waals surface area contributed by atoms with E-state index in [1.54, 1.807) is 6.20 Å². The maximum absolute atomic E-state index is 12.9. The zero-order valence-electron chi connectivity index (χ0n) is 12.7. The lowest BCUT2D eigenvalue weighted by Crippen LogP contribution is -2.11. The summed E-state index contributed by atoms with van der Waals surface area (Å²) in [7, 11) is 0. The average molecular weight is 309 g/mol. The van der Waals surface area contributed by atoms with E-state index in [2.05, 4.69) is 17.2 Å². The van der Waals surface area contributed by atoms with Crippen LogP contribution in [0.15, 0.2) is 60.9 Å². The van der Waals surface area contributed by atoms with Gasteiger partial charge in [-0.05, 0) is 48.5 Å². The number of carbonyl (C=O) groups is 1. The molecule has 23 heavy (non-hydrogen) atoms. The summed E-state index contributed by atoms with van der Waals surface area (Å²) in [5.41, 5.74) is 2.08. The molecule has 0 atom stereocenters. The van der Waals surface area contributed by atoms with Crippen molar-refractivity contribution in [3.63, 3.8) is 0 Å². The highest BCUT2D eigenvalue weighted by atomic mass is 19.1. The molecule has 4 nitrogen and oxygen atoms in total. The predicted molar refractivity (Wildman–Crippen MR) is 87.3 cm³/mol. The number of aromatic nitrogens is 2. The van der Waals surface area contributed by atoms with Gasteiger partial charge in [-0.2, -0.15) is 0 Å². The van der Waals surface area contributed by atoms with Crippen LogP contribution in [0, 0.1) is 5.82 Å². The Morgan fingerprint density at radius 1 is 1.13 bits per heavy atom. The number of benzene rings is 2. The van der Waals surface area contributed by atoms with E-state index in [0.29, 0.717) is 11.3 Å². The SMILES string of the molecule is CCc1nccn1-c1ccc(NC(=O)c2ccc(F)cc2)cc1. The molecule has 0 saturated heterocycles. The summed E-state index contributed by atoms with van der Waals surface area (Å²) in [6, 6.07) is 12.9. The number of halogens is 1. The Morgan fingerprint density at radius 2 is 1.83 bits per heavy atom. The molecular weight excluding hydrogens is 293 g/mol. The smallest absolute Gasteiger partial charge is 0.255 e. The van der Waals surface area contributed by atoms with Crippen LogP contribution in [0.3, 0.4) is 0 Å². The zero-order valence-corrected chi connectivity index (χ0v) is 12.7. The molecule has 0 aliphatic heterocycles. The van der Waals surface area contributed by atoms with E-state index in [0.717, 1.165) is 17.9 Å². The lowest BCUT2D eigenvalue weighted by Gasteiger charge is -2.09. The molecule has 1 N–H and O–H groups in total. The number of nitrogens with one attached hydrogen (secondary N) is 1. The van der Waals surface area contributed by atoms with E-state index in [-0.39, 0.29) is 11.7 Å². The summed E-state index contributed by atoms with van der Waals surface area (Å²) < 4.78 is 14.9. The highest BCUT2D eigenvalue weighted by Gasteiger charge is 2.07. The third kappa shape index (κ3) is 3.29. The van der Waals surface area contributed by atoms with Gasteiger partial charge < -0.3 is 9.88 Å². The quantitative estimate of drug-likeness (QED) is 0.796. The third-order valence-corrected chi connectivity index (χ3v) is 3.54. The molecule has 0 fully saturated rings. The number of nitrogens with zero attached hydrogens (tertiary/aromatic N) is 2. The molecule has 0 unspecified atom stereocenters. The molecule has 3 aromatic rings. The van der Waals surface area contributed by atoms with Gasteiger partial charge in [-0.15, -0.1) is 0 Å². The molecule has 2 aromatic carbocycles. The number of anilines is 1. The molecule has 3 rings (SSSR count). The molecule has 1 heterocycles. The topological polar surface area (TPSA) is 46.9 Å². The fourth-order valence-corrected chi connectivity index (χ4v) is 2.34. The van der Waals surface area contributed by atoms with Crippen LogP contribution in [0.1, 0.15) is 23.1 Å². The Labute approximate surface area is 133 Å². The lowest BCUT2D eigenvalue weighted by atomic mass is 10.2. The lowest BCUT2D eigenvalue weighted by molar-refractivity contribution is 0.102. The highest BCUT2D eigenvalue weighted by molar-refractivity contribution is 6.04. The van der Waals surface area contributed by atoms with Crippen LogP contribution in [-0.2, 0) is 6.42 Å². The first kappa shape index (κ1) is 15.0. The van der Waals surface area contributed by atoms with Crippen molar-refractivity contribution in [1.82, 2.24) is 9.55 Å². The number of hydrogen-bond donors (Lipinski definition) is 1. The summed E-state index contributed by atoms with van der Waals surface area (Å²) in [5.74, 6) is 0.348. The first-order valence-corrected chi connectivity index (χ1v) is 7.37. The largest absolute Gasteiger partial charge is 0.322 e. The third-order valence-electron chi connectivity index (χ3n) is 3.54. The number of amides is 1. The Hall–Kier alpha value is -2.95. The minimum absolute atomic E-state index is 0.269. The van der Waals surface area contributed by atoms with Gasteiger partial charge in [0.2, 0.25) is 0 Å². The van der Waals surface area contributed by atoms with E-state index in [4.69, 9.17) is 0 Å². The van der Waals surface area contributed by atoms with Crippen molar-refractivity contribution in [3.05, 3.63) is 78.1 Å². The molecule has 0 aliphatic carbocycles. The van der Waals surface area contributed by atoms with Gasteiger partial charge in [0.05, 0.1) is 0 Å². The minimum Gasteiger partial charge on any atom is -0.322 e. The van der Waals surface area contributed by atoms with Gasteiger partial charge in [-0.25, -0.2) is 9.37 Å². The van der Waals surface area contributed by atoms with Crippen LogP contribution in [-0.4, -0.2) is 15.5 Å². The molecule has 1 amide bonds. The van der Waals surface area contributed by atoms with Crippen LogP contribution < -0.4 is 5.32 Å². The predicted octanol–water partition coefficient (Wildman–Crippen LogP) is 3.83. The summed E-state index contributed by atoms with van der Waals surface area (Å²) in [5, 5.41) is 2.79. The second-order valence-corrected chi connectivity index (χ2v) is 5.07. The summed E-state index contributed by atoms with van der Waals surface area (Å²) in [6.07, 6.45) is 4.52. The first-order chi connectivity index (χ1) is 11.2. The van der Waals surface area contributed by atoms with Gasteiger partial charge in [-0.1, -0.05) is 6.92 Å². The highest BCUT2D eigenvalue weighted by Crippen LogP contribution is 2.16. The maximum atomic E-state index is 12.9. The fourth-order valence-electron chi connectivity index (χ4n) is 2.34. The van der Waals surface area contributed by atoms with Crippen molar-refractivity contribution < 1.29 is 9.18 Å². The summed E-state index contributed by atoms with van der Waals surface area (Å²) in [4.78, 5) is 16.4. The Bertz CT molecular complexity index is 807. The Morgan fingerprint density at radius 3 is 2.48 bits per heavy atom. The summed E-state index contributed by atoms with van der Waals surface area (Å²) in [6.45, 7) is 2.05. The summed E-state index contributed by atoms with van der Waals surface area (Å²) >= 11 is 0. The average Bonchev–Trinajstić information content (AvgIpc) is 3.05. The Balaban J connectivity index is 1.75. The van der Waals surface area contributed by atoms with Gasteiger partial charge in [0.15, 0.2) is 0 Å². The van der Waals surface area contributed by atoms with E-state index in [1.807, 2.05) is 35.0 Å². The molecule has 5 heteroatoms. The molecule has 1 aromatic heterocycles. The van der Waals surface area contributed by atoms with Crippen LogP contribution in [0.25, 0.3) is 5.69 Å². The second kappa shape index (κ2) is 6.44. The van der Waals surface area contributed by atoms with E-state index in [9.17, 15) is 9.18 Å². The molecule has 116 valence electrons. The fraction of sp³-hybridized carbons (Fsp3) is 0.111. The van der Waals surface area contributed by atoms with Gasteiger partial charge in [0.25, 0.3) is 5.91 Å². The van der Waals surface area contributed by atoms with Crippen molar-refractivity contribution in [3.8, 4) is 5.69 Å². The normalized spacial score (nSPS) is 10.5. The molecule has 0 bridgehead atoms. The molecule has 0 spiro atoms. The number of aryl methyl sites for hydroxylation is 1. The number of imidazole rings is 1. The van der Waals surface area contributed by atoms with E-state index in [1.165, 1.54) is 24.3 Å². The number of rotatable bonds is 4. The van der Waals surface area contributed by atoms with Gasteiger partial charge >= 0.3 is 0 Å². The van der Waals surface area contributed by atoms with Gasteiger partial charge in [0.1, 0.15) is 11.6 Å². The number of hydrogen-bond acceptors (Lipinski definition) is 2. The second-order valence-electron chi connectivity index (χ2n) is 5.07.